The van der Waals surface area contributed by atoms with Crippen LogP contribution in [0.1, 0.15) is 44.9 Å². The maximum absolute atomic E-state index is 6.28. The first-order chi connectivity index (χ1) is 9.31. The lowest BCUT2D eigenvalue weighted by molar-refractivity contribution is -0.164. The molecule has 3 unspecified atom stereocenters. The van der Waals surface area contributed by atoms with Crippen LogP contribution in [0.4, 0.5) is 0 Å². The molecule has 4 rings (SSSR count). The summed E-state index contributed by atoms with van der Waals surface area (Å²) in [5, 5.41) is 0. The second-order valence-corrected chi connectivity index (χ2v) is 6.81. The maximum atomic E-state index is 6.28. The molecule has 3 atom stereocenters. The van der Waals surface area contributed by atoms with Gasteiger partial charge in [0.2, 0.25) is 0 Å². The number of rotatable bonds is 1. The number of ether oxygens (including phenoxy) is 1. The molecule has 4 fully saturated rings. The fourth-order valence-electron chi connectivity index (χ4n) is 4.73. The van der Waals surface area contributed by atoms with Gasteiger partial charge in [0.15, 0.2) is 5.96 Å². The van der Waals surface area contributed by atoms with E-state index in [9.17, 15) is 0 Å². The Hall–Kier alpha value is -0.0400. The Bertz CT molecular complexity index is 391. The highest BCUT2D eigenvalue weighted by atomic mass is 127. The zero-order chi connectivity index (χ0) is 12.9. The molecular formula is C15H26IN3O. The van der Waals surface area contributed by atoms with Gasteiger partial charge in [-0.15, -0.1) is 24.0 Å². The third kappa shape index (κ3) is 2.07. The Kier molecular flexibility index (Phi) is 4.19. The Morgan fingerprint density at radius 3 is 2.55 bits per heavy atom. The minimum absolute atomic E-state index is 0. The largest absolute Gasteiger partial charge is 0.377 e. The van der Waals surface area contributed by atoms with Crippen molar-refractivity contribution in [3.05, 3.63) is 0 Å². The summed E-state index contributed by atoms with van der Waals surface area (Å²) >= 11 is 0. The van der Waals surface area contributed by atoms with Crippen molar-refractivity contribution in [2.45, 2.75) is 57.1 Å². The topological polar surface area (TPSA) is 50.9 Å². The number of hydrogen-bond donors (Lipinski definition) is 1. The van der Waals surface area contributed by atoms with Crippen molar-refractivity contribution >= 4 is 29.9 Å². The van der Waals surface area contributed by atoms with Crippen molar-refractivity contribution in [3.63, 3.8) is 0 Å². The van der Waals surface area contributed by atoms with Crippen molar-refractivity contribution in [2.75, 3.05) is 19.7 Å². The van der Waals surface area contributed by atoms with Crippen LogP contribution in [-0.2, 0) is 4.74 Å². The van der Waals surface area contributed by atoms with E-state index in [-0.39, 0.29) is 24.0 Å². The van der Waals surface area contributed by atoms with Crippen LogP contribution in [0.3, 0.4) is 0 Å². The first-order valence-electron chi connectivity index (χ1n) is 8.01. The summed E-state index contributed by atoms with van der Waals surface area (Å²) in [6.45, 7) is 3.13. The van der Waals surface area contributed by atoms with Crippen LogP contribution in [0.2, 0.25) is 0 Å². The van der Waals surface area contributed by atoms with Crippen LogP contribution in [0.25, 0.3) is 0 Å². The van der Waals surface area contributed by atoms with E-state index >= 15 is 0 Å². The molecule has 0 aromatic rings. The molecule has 4 aliphatic rings. The molecule has 0 aromatic heterocycles. The van der Waals surface area contributed by atoms with E-state index < -0.39 is 0 Å². The lowest BCUT2D eigenvalue weighted by atomic mass is 9.46. The molecule has 0 radical (unpaired) electrons. The molecule has 114 valence electrons. The molecule has 2 aliphatic heterocycles. The lowest BCUT2D eigenvalue weighted by Gasteiger charge is -2.61. The molecule has 2 saturated heterocycles. The van der Waals surface area contributed by atoms with Crippen LogP contribution in [-0.4, -0.2) is 42.7 Å². The molecule has 2 N–H and O–H groups in total. The van der Waals surface area contributed by atoms with E-state index in [4.69, 9.17) is 15.5 Å². The second kappa shape index (κ2) is 5.63. The van der Waals surface area contributed by atoms with Crippen molar-refractivity contribution in [1.82, 2.24) is 4.90 Å². The van der Waals surface area contributed by atoms with Gasteiger partial charge in [-0.25, -0.2) is 4.99 Å². The second-order valence-electron chi connectivity index (χ2n) is 6.81. The minimum atomic E-state index is 0. The number of piperidine rings is 1. The van der Waals surface area contributed by atoms with Gasteiger partial charge >= 0.3 is 0 Å². The monoisotopic (exact) mass is 391 g/mol. The van der Waals surface area contributed by atoms with Gasteiger partial charge in [-0.2, -0.15) is 0 Å². The normalized spacial score (nSPS) is 38.7. The van der Waals surface area contributed by atoms with Gasteiger partial charge in [0.1, 0.15) is 0 Å². The predicted molar refractivity (Wildman–Crippen MR) is 90.4 cm³/mol. The highest BCUT2D eigenvalue weighted by Gasteiger charge is 2.66. The van der Waals surface area contributed by atoms with E-state index in [1.807, 2.05) is 0 Å². The van der Waals surface area contributed by atoms with E-state index in [1.54, 1.807) is 0 Å². The highest BCUT2D eigenvalue weighted by molar-refractivity contribution is 14.0. The number of aliphatic imine (C=N–C) groups is 1. The average molecular weight is 391 g/mol. The third-order valence-electron chi connectivity index (χ3n) is 5.93. The van der Waals surface area contributed by atoms with Gasteiger partial charge < -0.3 is 15.4 Å². The van der Waals surface area contributed by atoms with E-state index in [0.717, 1.165) is 25.7 Å². The number of nitrogens with zero attached hydrogens (tertiary/aromatic N) is 2. The average Bonchev–Trinajstić information content (AvgIpc) is 2.80. The molecule has 1 spiro atoms. The molecule has 5 heteroatoms. The zero-order valence-electron chi connectivity index (χ0n) is 12.1. The van der Waals surface area contributed by atoms with E-state index in [0.29, 0.717) is 23.5 Å². The van der Waals surface area contributed by atoms with Crippen LogP contribution < -0.4 is 5.73 Å². The summed E-state index contributed by atoms with van der Waals surface area (Å²) < 4.78 is 5.94. The summed E-state index contributed by atoms with van der Waals surface area (Å²) in [5.41, 5.74) is 6.65. The lowest BCUT2D eigenvalue weighted by Crippen LogP contribution is -2.66. The number of halogens is 1. The molecule has 2 heterocycles. The molecule has 0 amide bonds. The number of hydrogen-bond acceptors (Lipinski definition) is 2. The fourth-order valence-corrected chi connectivity index (χ4v) is 4.73. The van der Waals surface area contributed by atoms with Crippen LogP contribution >= 0.6 is 24.0 Å². The van der Waals surface area contributed by atoms with Gasteiger partial charge in [0.25, 0.3) is 0 Å². The van der Waals surface area contributed by atoms with Crippen LogP contribution in [0, 0.1) is 11.3 Å². The summed E-state index contributed by atoms with van der Waals surface area (Å²) in [7, 11) is 0. The Balaban J connectivity index is 0.00000121. The van der Waals surface area contributed by atoms with Crippen LogP contribution in [0.5, 0.6) is 0 Å². The third-order valence-corrected chi connectivity index (χ3v) is 5.93. The Morgan fingerprint density at radius 1 is 1.15 bits per heavy atom. The first-order valence-corrected chi connectivity index (χ1v) is 8.01. The summed E-state index contributed by atoms with van der Waals surface area (Å²) in [4.78, 5) is 7.25. The fraction of sp³-hybridized carbons (Fsp3) is 0.933. The SMILES string of the molecule is I.NC(=NC1C2CCOC2C12CCC2)N1CCCCC1. The smallest absolute Gasteiger partial charge is 0.191 e. The minimum Gasteiger partial charge on any atom is -0.377 e. The Labute approximate surface area is 138 Å². The Morgan fingerprint density at radius 2 is 1.90 bits per heavy atom. The van der Waals surface area contributed by atoms with Gasteiger partial charge in [-0.3, -0.25) is 0 Å². The van der Waals surface area contributed by atoms with Gasteiger partial charge in [0.05, 0.1) is 12.1 Å². The van der Waals surface area contributed by atoms with E-state index in [1.165, 1.54) is 44.9 Å². The van der Waals surface area contributed by atoms with Crippen molar-refractivity contribution in [3.8, 4) is 0 Å². The molecule has 0 aromatic carbocycles. The predicted octanol–water partition coefficient (Wildman–Crippen LogP) is 2.36. The summed E-state index contributed by atoms with van der Waals surface area (Å²) in [6, 6.07) is 0.454. The summed E-state index contributed by atoms with van der Waals surface area (Å²) in [6.07, 6.45) is 9.52. The molecule has 2 saturated carbocycles. The number of guanidine groups is 1. The number of nitrogens with two attached hydrogens (primary N) is 1. The molecule has 4 nitrogen and oxygen atoms in total. The molecule has 0 bridgehead atoms. The summed E-state index contributed by atoms with van der Waals surface area (Å²) in [5.74, 6) is 1.46. The molecule has 20 heavy (non-hydrogen) atoms. The van der Waals surface area contributed by atoms with Crippen molar-refractivity contribution < 1.29 is 4.74 Å². The molecular weight excluding hydrogens is 365 g/mol. The molecule has 2 aliphatic carbocycles. The zero-order valence-corrected chi connectivity index (χ0v) is 14.4. The van der Waals surface area contributed by atoms with Gasteiger partial charge in [-0.1, -0.05) is 6.42 Å². The van der Waals surface area contributed by atoms with Gasteiger partial charge in [-0.05, 0) is 38.5 Å². The van der Waals surface area contributed by atoms with Crippen molar-refractivity contribution in [1.29, 1.82) is 0 Å². The van der Waals surface area contributed by atoms with Crippen molar-refractivity contribution in [2.24, 2.45) is 22.1 Å². The highest BCUT2D eigenvalue weighted by Crippen LogP contribution is 2.64. The van der Waals surface area contributed by atoms with Crippen LogP contribution in [0.15, 0.2) is 4.99 Å². The van der Waals surface area contributed by atoms with Gasteiger partial charge in [0, 0.05) is 31.0 Å². The standard InChI is InChI=1S/C15H25N3O.HI/c16-14(18-8-2-1-3-9-18)17-12-11-5-10-19-13(11)15(12)6-4-7-15;/h11-13H,1-10H2,(H2,16,17);1H. The maximum Gasteiger partial charge on any atom is 0.191 e. The first kappa shape index (κ1) is 14.9. The quantitative estimate of drug-likeness (QED) is 0.424. The van der Waals surface area contributed by atoms with E-state index in [2.05, 4.69) is 4.90 Å². The number of fused-ring (bicyclic) bond motifs is 2. The number of likely N-dealkylation sites (tertiary alicyclic amines) is 1.